The molecule has 1 aromatic heterocycles. The van der Waals surface area contributed by atoms with Crippen LogP contribution in [-0.2, 0) is 0 Å². The van der Waals surface area contributed by atoms with Gasteiger partial charge >= 0.3 is 0 Å². The summed E-state index contributed by atoms with van der Waals surface area (Å²) in [5.41, 5.74) is 0. The molecule has 5 heteroatoms. The van der Waals surface area contributed by atoms with Gasteiger partial charge in [-0.2, -0.15) is 5.26 Å². The van der Waals surface area contributed by atoms with E-state index in [0.29, 0.717) is 5.82 Å². The highest BCUT2D eigenvalue weighted by molar-refractivity contribution is 6.22. The Morgan fingerprint density at radius 1 is 1.50 bits per heavy atom. The predicted octanol–water partition coefficient (Wildman–Crippen LogP) is 0.675. The highest BCUT2D eigenvalue weighted by atomic mass is 35.5. The Balaban J connectivity index is 2.88. The molecule has 1 heterocycles. The van der Waals surface area contributed by atoms with Gasteiger partial charge in [0.1, 0.15) is 12.7 Å². The Hall–Kier alpha value is -1.21. The van der Waals surface area contributed by atoms with Crippen molar-refractivity contribution in [3.05, 3.63) is 18.5 Å². The van der Waals surface area contributed by atoms with Gasteiger partial charge in [0.15, 0.2) is 11.2 Å². The van der Waals surface area contributed by atoms with E-state index in [2.05, 4.69) is 15.0 Å². The van der Waals surface area contributed by atoms with E-state index in [1.165, 1.54) is 12.7 Å². The van der Waals surface area contributed by atoms with E-state index >= 15 is 0 Å². The third kappa shape index (κ3) is 1.39. The fraction of sp³-hybridized carbons (Fsp3) is 0.200. The molecule has 4 nitrogen and oxygen atoms in total. The van der Waals surface area contributed by atoms with Crippen molar-refractivity contribution in [2.24, 2.45) is 0 Å². The van der Waals surface area contributed by atoms with E-state index in [-0.39, 0.29) is 0 Å². The topological polar surface area (TPSA) is 62.5 Å². The minimum absolute atomic E-state index is 0.291. The molecule has 0 saturated carbocycles. The van der Waals surface area contributed by atoms with E-state index in [9.17, 15) is 0 Å². The molecule has 50 valence electrons. The van der Waals surface area contributed by atoms with Crippen LogP contribution in [0.5, 0.6) is 0 Å². The van der Waals surface area contributed by atoms with E-state index in [0.717, 1.165) is 0 Å². The van der Waals surface area contributed by atoms with Gasteiger partial charge in [0.25, 0.3) is 0 Å². The van der Waals surface area contributed by atoms with Crippen molar-refractivity contribution >= 4 is 11.6 Å². The number of nitriles is 1. The number of alkyl halides is 1. The second kappa shape index (κ2) is 3.08. The van der Waals surface area contributed by atoms with E-state index in [1.54, 1.807) is 6.07 Å². The van der Waals surface area contributed by atoms with Crippen LogP contribution in [-0.4, -0.2) is 15.0 Å². The Kier molecular flexibility index (Phi) is 2.13. The Bertz CT molecular complexity index is 242. The maximum atomic E-state index is 8.31. The highest BCUT2D eigenvalue weighted by Gasteiger charge is 2.06. The van der Waals surface area contributed by atoms with Crippen LogP contribution in [0.15, 0.2) is 12.7 Å². The van der Waals surface area contributed by atoms with Crippen LogP contribution in [0.25, 0.3) is 0 Å². The van der Waals surface area contributed by atoms with Gasteiger partial charge in [0, 0.05) is 0 Å². The summed E-state index contributed by atoms with van der Waals surface area (Å²) in [6.45, 7) is 0. The largest absolute Gasteiger partial charge is 0.225 e. The molecule has 0 aromatic carbocycles. The lowest BCUT2D eigenvalue weighted by molar-refractivity contribution is 0.920. The molecule has 0 radical (unpaired) electrons. The monoisotopic (exact) mass is 154 g/mol. The van der Waals surface area contributed by atoms with Crippen molar-refractivity contribution in [2.75, 3.05) is 0 Å². The van der Waals surface area contributed by atoms with Gasteiger partial charge in [-0.05, 0) is 0 Å². The average molecular weight is 155 g/mol. The lowest BCUT2D eigenvalue weighted by Crippen LogP contribution is -1.95. The molecule has 0 N–H and O–H groups in total. The van der Waals surface area contributed by atoms with Gasteiger partial charge < -0.3 is 0 Å². The standard InChI is InChI=1S/C5H3ClN4/c6-4(1-7)5-9-2-8-3-10-5/h2-4H. The molecule has 0 aliphatic carbocycles. The van der Waals surface area contributed by atoms with Crippen LogP contribution >= 0.6 is 11.6 Å². The molecule has 1 atom stereocenters. The van der Waals surface area contributed by atoms with Crippen LogP contribution in [0.3, 0.4) is 0 Å². The maximum absolute atomic E-state index is 8.31. The Labute approximate surface area is 62.5 Å². The van der Waals surface area contributed by atoms with Crippen LogP contribution in [0.2, 0.25) is 0 Å². The third-order valence-corrected chi connectivity index (χ3v) is 1.15. The lowest BCUT2D eigenvalue weighted by Gasteiger charge is -1.93. The van der Waals surface area contributed by atoms with E-state index in [4.69, 9.17) is 16.9 Å². The molecule has 0 fully saturated rings. The first-order valence-corrected chi connectivity index (χ1v) is 2.94. The Morgan fingerprint density at radius 3 is 2.60 bits per heavy atom. The average Bonchev–Trinajstić information content (AvgIpc) is 2.05. The number of hydrogen-bond donors (Lipinski definition) is 0. The minimum atomic E-state index is -0.775. The summed E-state index contributed by atoms with van der Waals surface area (Å²) in [7, 11) is 0. The molecule has 0 bridgehead atoms. The SMILES string of the molecule is N#CC(Cl)c1ncncn1. The summed E-state index contributed by atoms with van der Waals surface area (Å²) in [5, 5.41) is 7.53. The number of rotatable bonds is 1. The minimum Gasteiger partial charge on any atom is -0.225 e. The van der Waals surface area contributed by atoms with Crippen LogP contribution < -0.4 is 0 Å². The normalized spacial score (nSPS) is 12.0. The van der Waals surface area contributed by atoms with Crippen molar-refractivity contribution in [3.8, 4) is 6.07 Å². The van der Waals surface area contributed by atoms with Gasteiger partial charge in [-0.15, -0.1) is 0 Å². The zero-order valence-electron chi connectivity index (χ0n) is 4.90. The fourth-order valence-electron chi connectivity index (χ4n) is 0.437. The fourth-order valence-corrected chi connectivity index (χ4v) is 0.549. The molecule has 0 amide bonds. The number of hydrogen-bond acceptors (Lipinski definition) is 4. The molecule has 1 unspecified atom stereocenters. The second-order valence-electron chi connectivity index (χ2n) is 1.49. The maximum Gasteiger partial charge on any atom is 0.179 e. The molecule has 0 spiro atoms. The van der Waals surface area contributed by atoms with E-state index < -0.39 is 5.38 Å². The molecule has 1 aromatic rings. The van der Waals surface area contributed by atoms with Crippen molar-refractivity contribution in [2.45, 2.75) is 5.38 Å². The molecular weight excluding hydrogens is 152 g/mol. The highest BCUT2D eigenvalue weighted by Crippen LogP contribution is 2.11. The van der Waals surface area contributed by atoms with Crippen molar-refractivity contribution in [1.82, 2.24) is 15.0 Å². The zero-order valence-corrected chi connectivity index (χ0v) is 5.65. The van der Waals surface area contributed by atoms with Crippen molar-refractivity contribution in [1.29, 1.82) is 5.26 Å². The van der Waals surface area contributed by atoms with Crippen molar-refractivity contribution < 1.29 is 0 Å². The summed E-state index contributed by atoms with van der Waals surface area (Å²) in [5.74, 6) is 0.291. The van der Waals surface area contributed by atoms with Crippen LogP contribution in [0.4, 0.5) is 0 Å². The van der Waals surface area contributed by atoms with Crippen LogP contribution in [0.1, 0.15) is 11.2 Å². The second-order valence-corrected chi connectivity index (χ2v) is 1.92. The van der Waals surface area contributed by atoms with E-state index in [1.807, 2.05) is 0 Å². The van der Waals surface area contributed by atoms with Gasteiger partial charge in [-0.25, -0.2) is 15.0 Å². The van der Waals surface area contributed by atoms with Gasteiger partial charge in [-0.1, -0.05) is 11.6 Å². The quantitative estimate of drug-likeness (QED) is 0.558. The van der Waals surface area contributed by atoms with Gasteiger partial charge in [-0.3, -0.25) is 0 Å². The zero-order chi connectivity index (χ0) is 7.40. The first-order valence-electron chi connectivity index (χ1n) is 2.50. The molecule has 1 rings (SSSR count). The molecule has 10 heavy (non-hydrogen) atoms. The number of aromatic nitrogens is 3. The molecule has 0 aliphatic rings. The number of halogens is 1. The first kappa shape index (κ1) is 6.90. The summed E-state index contributed by atoms with van der Waals surface area (Å²) in [6.07, 6.45) is 2.60. The molecule has 0 saturated heterocycles. The summed E-state index contributed by atoms with van der Waals surface area (Å²) >= 11 is 5.48. The first-order chi connectivity index (χ1) is 4.84. The van der Waals surface area contributed by atoms with Gasteiger partial charge in [0.05, 0.1) is 6.07 Å². The predicted molar refractivity (Wildman–Crippen MR) is 34.0 cm³/mol. The summed E-state index contributed by atoms with van der Waals surface area (Å²) in [4.78, 5) is 10.9. The summed E-state index contributed by atoms with van der Waals surface area (Å²) in [6, 6.07) is 1.79. The van der Waals surface area contributed by atoms with Gasteiger partial charge in [0.2, 0.25) is 0 Å². The Morgan fingerprint density at radius 2 is 2.10 bits per heavy atom. The molecule has 0 aliphatic heterocycles. The third-order valence-electron chi connectivity index (χ3n) is 0.853. The summed E-state index contributed by atoms with van der Waals surface area (Å²) < 4.78 is 0. The number of nitrogens with zero attached hydrogens (tertiary/aromatic N) is 4. The van der Waals surface area contributed by atoms with Crippen molar-refractivity contribution in [3.63, 3.8) is 0 Å². The van der Waals surface area contributed by atoms with Crippen LogP contribution in [0, 0.1) is 11.3 Å². The molecular formula is C5H3ClN4. The lowest BCUT2D eigenvalue weighted by atomic mass is 10.4. The smallest absolute Gasteiger partial charge is 0.179 e.